The SMILES string of the molecule is C=C1C(C(=O)NCc2ccc(F)cc2F)=CN2CCC(C)C(=O)C2=C1OC(C)OC(=O)OC(C)C. The molecule has 0 bridgehead atoms. The summed E-state index contributed by atoms with van der Waals surface area (Å²) in [4.78, 5) is 39.4. The van der Waals surface area contributed by atoms with E-state index in [-0.39, 0.29) is 46.4 Å². The van der Waals surface area contributed by atoms with E-state index in [4.69, 9.17) is 14.2 Å². The summed E-state index contributed by atoms with van der Waals surface area (Å²) in [5, 5.41) is 2.58. The second-order valence-electron chi connectivity index (χ2n) is 8.58. The maximum atomic E-state index is 14.0. The number of nitrogens with one attached hydrogen (secondary N) is 1. The van der Waals surface area contributed by atoms with Gasteiger partial charge in [-0.3, -0.25) is 9.59 Å². The number of hydrogen-bond acceptors (Lipinski definition) is 7. The van der Waals surface area contributed by atoms with Gasteiger partial charge in [0.15, 0.2) is 11.5 Å². The highest BCUT2D eigenvalue weighted by molar-refractivity contribution is 6.04. The highest BCUT2D eigenvalue weighted by Gasteiger charge is 2.38. The Hall–Kier alpha value is -3.69. The third-order valence-electron chi connectivity index (χ3n) is 5.45. The fourth-order valence-corrected chi connectivity index (χ4v) is 3.63. The van der Waals surface area contributed by atoms with E-state index in [1.807, 2.05) is 0 Å². The van der Waals surface area contributed by atoms with E-state index in [9.17, 15) is 23.2 Å². The number of amides is 1. The van der Waals surface area contributed by atoms with Crippen LogP contribution < -0.4 is 5.32 Å². The number of allylic oxidation sites excluding steroid dienone is 2. The summed E-state index contributed by atoms with van der Waals surface area (Å²) in [5.74, 6) is -2.58. The van der Waals surface area contributed by atoms with Crippen LogP contribution in [-0.4, -0.2) is 41.7 Å². The number of halogens is 2. The number of rotatable bonds is 7. The Balaban J connectivity index is 1.82. The summed E-state index contributed by atoms with van der Waals surface area (Å²) in [6.45, 7) is 10.7. The molecular weight excluding hydrogens is 462 g/mol. The van der Waals surface area contributed by atoms with Crippen molar-refractivity contribution >= 4 is 17.8 Å². The molecule has 8 nitrogen and oxygen atoms in total. The predicted octanol–water partition coefficient (Wildman–Crippen LogP) is 4.08. The third kappa shape index (κ3) is 6.06. The van der Waals surface area contributed by atoms with Gasteiger partial charge in [-0.25, -0.2) is 13.6 Å². The molecule has 0 aliphatic carbocycles. The molecule has 0 radical (unpaired) electrons. The van der Waals surface area contributed by atoms with E-state index in [1.54, 1.807) is 25.7 Å². The van der Waals surface area contributed by atoms with Gasteiger partial charge in [-0.05, 0) is 26.3 Å². The molecule has 1 N–H and O–H groups in total. The Bertz CT molecular complexity index is 1110. The number of ketones is 1. The molecule has 188 valence electrons. The topological polar surface area (TPSA) is 94.2 Å². The normalized spacial score (nSPS) is 18.7. The van der Waals surface area contributed by atoms with Gasteiger partial charge < -0.3 is 24.4 Å². The molecule has 0 aromatic heterocycles. The van der Waals surface area contributed by atoms with Gasteiger partial charge in [0.1, 0.15) is 17.3 Å². The predicted molar refractivity (Wildman–Crippen MR) is 121 cm³/mol. The number of benzene rings is 1. The van der Waals surface area contributed by atoms with Gasteiger partial charge in [0, 0.05) is 49.3 Å². The Labute approximate surface area is 202 Å². The smallest absolute Gasteiger partial charge is 0.452 e. The van der Waals surface area contributed by atoms with E-state index in [0.29, 0.717) is 13.0 Å². The van der Waals surface area contributed by atoms with Crippen LogP contribution in [0.2, 0.25) is 0 Å². The van der Waals surface area contributed by atoms with Crippen LogP contribution in [0.15, 0.2) is 53.6 Å². The second kappa shape index (κ2) is 10.7. The lowest BCUT2D eigenvalue weighted by Gasteiger charge is -2.37. The Morgan fingerprint density at radius 2 is 1.94 bits per heavy atom. The van der Waals surface area contributed by atoms with Gasteiger partial charge in [0.05, 0.1) is 11.7 Å². The number of Topliss-reactive ketones (excluding diaryl/α,β-unsaturated/α-hetero) is 1. The van der Waals surface area contributed by atoms with Crippen molar-refractivity contribution in [2.45, 2.75) is 53.1 Å². The van der Waals surface area contributed by atoms with Crippen molar-refractivity contribution in [3.05, 3.63) is 70.8 Å². The van der Waals surface area contributed by atoms with Crippen molar-refractivity contribution in [3.63, 3.8) is 0 Å². The standard InChI is InChI=1S/C25H28F2N2O6/c1-13(2)33-25(32)35-16(5)34-23-15(4)19(12-29-9-8-14(3)22(30)21(23)29)24(31)28-11-17-6-7-18(26)10-20(17)27/h6-7,10,12-14,16H,4,8-9,11H2,1-3,5H3,(H,28,31). The minimum atomic E-state index is -1.15. The summed E-state index contributed by atoms with van der Waals surface area (Å²) in [7, 11) is 0. The van der Waals surface area contributed by atoms with Gasteiger partial charge in [0.2, 0.25) is 6.29 Å². The van der Waals surface area contributed by atoms with Crippen LogP contribution in [0.25, 0.3) is 0 Å². The van der Waals surface area contributed by atoms with Gasteiger partial charge >= 0.3 is 6.16 Å². The molecule has 2 heterocycles. The van der Waals surface area contributed by atoms with Crippen LogP contribution in [0, 0.1) is 17.6 Å². The van der Waals surface area contributed by atoms with Crippen LogP contribution in [0.1, 0.15) is 39.7 Å². The van der Waals surface area contributed by atoms with Crippen LogP contribution >= 0.6 is 0 Å². The first kappa shape index (κ1) is 25.9. The summed E-state index contributed by atoms with van der Waals surface area (Å²) in [6, 6.07) is 3.06. The number of fused-ring (bicyclic) bond motifs is 1. The zero-order valence-electron chi connectivity index (χ0n) is 20.0. The molecule has 1 aromatic carbocycles. The quantitative estimate of drug-likeness (QED) is 0.455. The number of ether oxygens (including phenoxy) is 3. The largest absolute Gasteiger partial charge is 0.511 e. The van der Waals surface area contributed by atoms with Crippen molar-refractivity contribution in [1.82, 2.24) is 10.2 Å². The van der Waals surface area contributed by atoms with Gasteiger partial charge in [-0.2, -0.15) is 0 Å². The van der Waals surface area contributed by atoms with Crippen LogP contribution in [-0.2, 0) is 30.3 Å². The van der Waals surface area contributed by atoms with E-state index in [0.717, 1.165) is 12.1 Å². The third-order valence-corrected chi connectivity index (χ3v) is 5.45. The fraction of sp³-hybridized carbons (Fsp3) is 0.400. The van der Waals surface area contributed by atoms with Crippen LogP contribution in [0.4, 0.5) is 13.6 Å². The fourth-order valence-electron chi connectivity index (χ4n) is 3.63. The first-order valence-corrected chi connectivity index (χ1v) is 11.2. The van der Waals surface area contributed by atoms with Crippen molar-refractivity contribution in [3.8, 4) is 0 Å². The monoisotopic (exact) mass is 490 g/mol. The molecule has 10 heteroatoms. The molecule has 1 aromatic rings. The highest BCUT2D eigenvalue weighted by Crippen LogP contribution is 2.36. The molecule has 2 atom stereocenters. The molecule has 1 amide bonds. The summed E-state index contributed by atoms with van der Waals surface area (Å²) < 4.78 is 42.9. The second-order valence-corrected chi connectivity index (χ2v) is 8.58. The minimum absolute atomic E-state index is 0.00649. The first-order chi connectivity index (χ1) is 16.5. The van der Waals surface area contributed by atoms with E-state index < -0.39 is 36.1 Å². The summed E-state index contributed by atoms with van der Waals surface area (Å²) >= 11 is 0. The lowest BCUT2D eigenvalue weighted by atomic mass is 9.89. The van der Waals surface area contributed by atoms with Crippen molar-refractivity contribution in [2.75, 3.05) is 6.54 Å². The van der Waals surface area contributed by atoms with Crippen molar-refractivity contribution in [1.29, 1.82) is 0 Å². The summed E-state index contributed by atoms with van der Waals surface area (Å²) in [5.41, 5.74) is 0.499. The molecule has 2 aliphatic heterocycles. The van der Waals surface area contributed by atoms with Crippen LogP contribution in [0.3, 0.4) is 0 Å². The maximum Gasteiger partial charge on any atom is 0.511 e. The number of carbonyl (C=O) groups excluding carboxylic acids is 3. The molecule has 2 unspecified atom stereocenters. The molecule has 2 aliphatic rings. The zero-order valence-corrected chi connectivity index (χ0v) is 20.0. The number of nitrogens with zero attached hydrogens (tertiary/aromatic N) is 1. The first-order valence-electron chi connectivity index (χ1n) is 11.2. The van der Waals surface area contributed by atoms with E-state index in [2.05, 4.69) is 11.9 Å². The van der Waals surface area contributed by atoms with Crippen molar-refractivity contribution in [2.24, 2.45) is 5.92 Å². The lowest BCUT2D eigenvalue weighted by molar-refractivity contribution is -0.124. The minimum Gasteiger partial charge on any atom is -0.452 e. The van der Waals surface area contributed by atoms with E-state index in [1.165, 1.54) is 19.2 Å². The molecule has 1 fully saturated rings. The molecule has 0 saturated carbocycles. The van der Waals surface area contributed by atoms with Gasteiger partial charge in [-0.15, -0.1) is 0 Å². The maximum absolute atomic E-state index is 14.0. The Kier molecular flexibility index (Phi) is 7.93. The Morgan fingerprint density at radius 3 is 2.60 bits per heavy atom. The Morgan fingerprint density at radius 1 is 1.23 bits per heavy atom. The summed E-state index contributed by atoms with van der Waals surface area (Å²) in [6.07, 6.45) is -0.455. The van der Waals surface area contributed by atoms with Gasteiger partial charge in [-0.1, -0.05) is 19.6 Å². The van der Waals surface area contributed by atoms with Crippen molar-refractivity contribution < 1.29 is 37.4 Å². The van der Waals surface area contributed by atoms with Gasteiger partial charge in [0.25, 0.3) is 5.91 Å². The lowest BCUT2D eigenvalue weighted by Crippen LogP contribution is -2.40. The molecule has 1 saturated heterocycles. The number of piperidine rings is 1. The van der Waals surface area contributed by atoms with Crippen LogP contribution in [0.5, 0.6) is 0 Å². The molecule has 3 rings (SSSR count). The zero-order chi connectivity index (χ0) is 25.9. The average Bonchev–Trinajstić information content (AvgIpc) is 2.76. The average molecular weight is 491 g/mol. The van der Waals surface area contributed by atoms with E-state index >= 15 is 0 Å². The molecule has 35 heavy (non-hydrogen) atoms. The number of hydrogen-bond donors (Lipinski definition) is 1. The number of carbonyl (C=O) groups is 3. The molecule has 0 spiro atoms. The molecular formula is C25H28F2N2O6. The highest BCUT2D eigenvalue weighted by atomic mass is 19.1.